The monoisotopic (exact) mass is 358 g/mol. The first-order valence-electron chi connectivity index (χ1n) is 7.58. The van der Waals surface area contributed by atoms with Crippen molar-refractivity contribution in [2.75, 3.05) is 32.8 Å². The minimum absolute atomic E-state index is 0.0605. The third-order valence-electron chi connectivity index (χ3n) is 3.76. The standard InChI is InChI=1S/C16H20Cl2N2O3/c1-12(21)19-6-8-20(9-7-19)16(22)3-2-10-23-15-5-4-13(17)11-14(15)18/h4-5,11H,2-3,6-10H2,1H3. The van der Waals surface area contributed by atoms with Gasteiger partial charge in [0.05, 0.1) is 11.6 Å². The van der Waals surface area contributed by atoms with Crippen LogP contribution in [0.3, 0.4) is 0 Å². The molecule has 1 aliphatic rings. The van der Waals surface area contributed by atoms with Gasteiger partial charge >= 0.3 is 0 Å². The zero-order valence-corrected chi connectivity index (χ0v) is 14.6. The van der Waals surface area contributed by atoms with E-state index in [4.69, 9.17) is 27.9 Å². The maximum atomic E-state index is 12.1. The molecule has 0 radical (unpaired) electrons. The van der Waals surface area contributed by atoms with Gasteiger partial charge in [0.25, 0.3) is 0 Å². The zero-order valence-electron chi connectivity index (χ0n) is 13.1. The van der Waals surface area contributed by atoms with Gasteiger partial charge in [-0.05, 0) is 24.6 Å². The quantitative estimate of drug-likeness (QED) is 0.760. The van der Waals surface area contributed by atoms with Crippen molar-refractivity contribution in [3.63, 3.8) is 0 Å². The van der Waals surface area contributed by atoms with E-state index in [1.54, 1.807) is 34.9 Å². The van der Waals surface area contributed by atoms with Gasteiger partial charge in [-0.3, -0.25) is 9.59 Å². The number of carbonyl (C=O) groups excluding carboxylic acids is 2. The van der Waals surface area contributed by atoms with E-state index in [2.05, 4.69) is 0 Å². The summed E-state index contributed by atoms with van der Waals surface area (Å²) >= 11 is 11.8. The molecule has 0 aromatic heterocycles. The minimum Gasteiger partial charge on any atom is -0.492 e. The smallest absolute Gasteiger partial charge is 0.222 e. The molecule has 1 heterocycles. The normalized spacial score (nSPS) is 14.7. The van der Waals surface area contributed by atoms with E-state index in [0.717, 1.165) is 0 Å². The van der Waals surface area contributed by atoms with Crippen LogP contribution in [0.25, 0.3) is 0 Å². The average molecular weight is 359 g/mol. The molecule has 0 spiro atoms. The van der Waals surface area contributed by atoms with Gasteiger partial charge in [0.1, 0.15) is 5.75 Å². The third-order valence-corrected chi connectivity index (χ3v) is 4.29. The number of carbonyl (C=O) groups is 2. The lowest BCUT2D eigenvalue weighted by Gasteiger charge is -2.34. The van der Waals surface area contributed by atoms with Crippen LogP contribution in [0.1, 0.15) is 19.8 Å². The summed E-state index contributed by atoms with van der Waals surface area (Å²) < 4.78 is 5.56. The number of ether oxygens (including phenoxy) is 1. The van der Waals surface area contributed by atoms with E-state index >= 15 is 0 Å². The summed E-state index contributed by atoms with van der Waals surface area (Å²) in [6, 6.07) is 5.05. The number of hydrogen-bond acceptors (Lipinski definition) is 3. The predicted molar refractivity (Wildman–Crippen MR) is 90.0 cm³/mol. The van der Waals surface area contributed by atoms with E-state index in [0.29, 0.717) is 61.4 Å². The van der Waals surface area contributed by atoms with Gasteiger partial charge in [0.15, 0.2) is 0 Å². The van der Waals surface area contributed by atoms with Crippen molar-refractivity contribution < 1.29 is 14.3 Å². The molecule has 2 amide bonds. The zero-order chi connectivity index (χ0) is 16.8. The molecule has 0 bridgehead atoms. The second-order valence-corrected chi connectivity index (χ2v) is 6.26. The maximum Gasteiger partial charge on any atom is 0.222 e. The van der Waals surface area contributed by atoms with Gasteiger partial charge in [0.2, 0.25) is 11.8 Å². The SMILES string of the molecule is CC(=O)N1CCN(C(=O)CCCOc2ccc(Cl)cc2Cl)CC1. The van der Waals surface area contributed by atoms with Crippen molar-refractivity contribution in [1.82, 2.24) is 9.80 Å². The van der Waals surface area contributed by atoms with E-state index in [1.165, 1.54) is 0 Å². The Morgan fingerprint density at radius 1 is 1.13 bits per heavy atom. The van der Waals surface area contributed by atoms with Gasteiger partial charge in [-0.15, -0.1) is 0 Å². The molecule has 0 atom stereocenters. The van der Waals surface area contributed by atoms with Crippen LogP contribution in [0.2, 0.25) is 10.0 Å². The summed E-state index contributed by atoms with van der Waals surface area (Å²) in [5, 5.41) is 1.02. The Labute approximate surface area is 146 Å². The summed E-state index contributed by atoms with van der Waals surface area (Å²) in [4.78, 5) is 26.9. The van der Waals surface area contributed by atoms with Gasteiger partial charge in [-0.2, -0.15) is 0 Å². The lowest BCUT2D eigenvalue weighted by molar-refractivity contribution is -0.138. The second kappa shape index (κ2) is 8.41. The van der Waals surface area contributed by atoms with Crippen molar-refractivity contribution in [3.05, 3.63) is 28.2 Å². The first kappa shape index (κ1) is 17.9. The number of amides is 2. The molecule has 2 rings (SSSR count). The number of benzene rings is 1. The van der Waals surface area contributed by atoms with Crippen LogP contribution in [0.15, 0.2) is 18.2 Å². The fourth-order valence-corrected chi connectivity index (χ4v) is 2.89. The van der Waals surface area contributed by atoms with Gasteiger partial charge in [-0.1, -0.05) is 23.2 Å². The maximum absolute atomic E-state index is 12.1. The number of rotatable bonds is 5. The van der Waals surface area contributed by atoms with Gasteiger partial charge < -0.3 is 14.5 Å². The highest BCUT2D eigenvalue weighted by atomic mass is 35.5. The molecule has 0 unspecified atom stereocenters. The summed E-state index contributed by atoms with van der Waals surface area (Å²) in [7, 11) is 0. The van der Waals surface area contributed by atoms with Crippen LogP contribution in [0.5, 0.6) is 5.75 Å². The van der Waals surface area contributed by atoms with Crippen molar-refractivity contribution >= 4 is 35.0 Å². The summed E-state index contributed by atoms with van der Waals surface area (Å²) in [6.07, 6.45) is 1.04. The highest BCUT2D eigenvalue weighted by molar-refractivity contribution is 6.35. The third kappa shape index (κ3) is 5.29. The van der Waals surface area contributed by atoms with Gasteiger partial charge in [-0.25, -0.2) is 0 Å². The molecule has 1 saturated heterocycles. The Kier molecular flexibility index (Phi) is 6.54. The summed E-state index contributed by atoms with van der Waals surface area (Å²) in [5.41, 5.74) is 0. The van der Waals surface area contributed by atoms with E-state index in [-0.39, 0.29) is 11.8 Å². The van der Waals surface area contributed by atoms with Crippen molar-refractivity contribution in [2.45, 2.75) is 19.8 Å². The molecule has 1 aromatic carbocycles. The number of nitrogens with zero attached hydrogens (tertiary/aromatic N) is 2. The lowest BCUT2D eigenvalue weighted by Crippen LogP contribution is -2.50. The minimum atomic E-state index is 0.0605. The van der Waals surface area contributed by atoms with Crippen LogP contribution in [-0.2, 0) is 9.59 Å². The molecule has 1 fully saturated rings. The first-order valence-corrected chi connectivity index (χ1v) is 8.34. The molecular formula is C16H20Cl2N2O3. The molecule has 1 aliphatic heterocycles. The molecule has 0 aliphatic carbocycles. The molecule has 23 heavy (non-hydrogen) atoms. The lowest BCUT2D eigenvalue weighted by atomic mass is 10.2. The largest absolute Gasteiger partial charge is 0.492 e. The summed E-state index contributed by atoms with van der Waals surface area (Å²) in [5.74, 6) is 0.725. The number of piperazine rings is 1. The topological polar surface area (TPSA) is 49.9 Å². The molecule has 7 heteroatoms. The Morgan fingerprint density at radius 3 is 2.39 bits per heavy atom. The van der Waals surface area contributed by atoms with Crippen LogP contribution in [0.4, 0.5) is 0 Å². The van der Waals surface area contributed by atoms with Crippen LogP contribution < -0.4 is 4.74 Å². The molecule has 126 valence electrons. The molecule has 5 nitrogen and oxygen atoms in total. The van der Waals surface area contributed by atoms with Crippen LogP contribution >= 0.6 is 23.2 Å². The molecule has 1 aromatic rings. The van der Waals surface area contributed by atoms with E-state index < -0.39 is 0 Å². The van der Waals surface area contributed by atoms with Crippen molar-refractivity contribution in [2.24, 2.45) is 0 Å². The Balaban J connectivity index is 1.68. The molecule has 0 saturated carbocycles. The Morgan fingerprint density at radius 2 is 1.78 bits per heavy atom. The number of halogens is 2. The Hall–Kier alpha value is -1.46. The number of hydrogen-bond donors (Lipinski definition) is 0. The highest BCUT2D eigenvalue weighted by Gasteiger charge is 2.21. The summed E-state index contributed by atoms with van der Waals surface area (Å²) in [6.45, 7) is 4.39. The predicted octanol–water partition coefficient (Wildman–Crippen LogP) is 2.84. The van der Waals surface area contributed by atoms with Crippen molar-refractivity contribution in [3.8, 4) is 5.75 Å². The first-order chi connectivity index (χ1) is 11.0. The van der Waals surface area contributed by atoms with Crippen molar-refractivity contribution in [1.29, 1.82) is 0 Å². The molecular weight excluding hydrogens is 339 g/mol. The second-order valence-electron chi connectivity index (χ2n) is 5.41. The average Bonchev–Trinajstić information content (AvgIpc) is 2.53. The molecule has 0 N–H and O–H groups in total. The fraction of sp³-hybridized carbons (Fsp3) is 0.500. The van der Waals surface area contributed by atoms with E-state index in [9.17, 15) is 9.59 Å². The van der Waals surface area contributed by atoms with Crippen LogP contribution in [0, 0.1) is 0 Å². The van der Waals surface area contributed by atoms with E-state index in [1.807, 2.05) is 0 Å². The highest BCUT2D eigenvalue weighted by Crippen LogP contribution is 2.27. The fourth-order valence-electron chi connectivity index (χ4n) is 2.43. The van der Waals surface area contributed by atoms with Crippen LogP contribution in [-0.4, -0.2) is 54.4 Å². The van der Waals surface area contributed by atoms with Gasteiger partial charge in [0, 0.05) is 44.5 Å². The Bertz CT molecular complexity index is 572.